The summed E-state index contributed by atoms with van der Waals surface area (Å²) in [5, 5.41) is 6.70. The molecule has 130 valence electrons. The Morgan fingerprint density at radius 2 is 2.38 bits per heavy atom. The molecule has 1 aliphatic heterocycles. The van der Waals surface area contributed by atoms with Gasteiger partial charge in [0.15, 0.2) is 0 Å². The molecule has 1 aliphatic rings. The predicted molar refractivity (Wildman–Crippen MR) is 86.2 cm³/mol. The number of aryl methyl sites for hydroxylation is 1. The lowest BCUT2D eigenvalue weighted by atomic mass is 10.0. The van der Waals surface area contributed by atoms with Crippen LogP contribution in [-0.4, -0.2) is 57.9 Å². The van der Waals surface area contributed by atoms with E-state index < -0.39 is 0 Å². The quantitative estimate of drug-likeness (QED) is 0.830. The van der Waals surface area contributed by atoms with Gasteiger partial charge in [0.05, 0.1) is 42.9 Å². The zero-order chi connectivity index (χ0) is 16.9. The van der Waals surface area contributed by atoms with E-state index in [1.54, 1.807) is 12.4 Å². The average Bonchev–Trinajstić information content (AvgIpc) is 3.24. The Bertz CT molecular complexity index is 654. The van der Waals surface area contributed by atoms with E-state index >= 15 is 0 Å². The highest BCUT2D eigenvalue weighted by Gasteiger charge is 2.34. The number of ether oxygens (including phenoxy) is 1. The van der Waals surface area contributed by atoms with Crippen molar-refractivity contribution in [2.24, 2.45) is 7.05 Å². The minimum absolute atomic E-state index is 0.0728. The van der Waals surface area contributed by atoms with Gasteiger partial charge < -0.3 is 19.1 Å². The highest BCUT2D eigenvalue weighted by atomic mass is 16.5. The maximum absolute atomic E-state index is 12.1. The van der Waals surface area contributed by atoms with Gasteiger partial charge in [-0.2, -0.15) is 0 Å². The van der Waals surface area contributed by atoms with Crippen molar-refractivity contribution in [3.63, 3.8) is 0 Å². The van der Waals surface area contributed by atoms with Crippen LogP contribution in [0.5, 0.6) is 0 Å². The molecule has 0 unspecified atom stereocenters. The summed E-state index contributed by atoms with van der Waals surface area (Å²) in [5.74, 6) is -0.0927. The Morgan fingerprint density at radius 1 is 1.50 bits per heavy atom. The van der Waals surface area contributed by atoms with E-state index in [1.165, 1.54) is 6.26 Å². The van der Waals surface area contributed by atoms with Gasteiger partial charge in [0, 0.05) is 32.4 Å². The number of aromatic nitrogens is 3. The number of carbonyl (C=O) groups excluding carboxylic acids is 1. The molecule has 0 aliphatic carbocycles. The van der Waals surface area contributed by atoms with Crippen LogP contribution in [0.2, 0.25) is 0 Å². The number of hydrogen-bond acceptors (Lipinski definition) is 6. The Kier molecular flexibility index (Phi) is 5.27. The second kappa shape index (κ2) is 7.59. The van der Waals surface area contributed by atoms with Gasteiger partial charge in [0.25, 0.3) is 0 Å². The molecular weight excluding hydrogens is 310 g/mol. The minimum Gasteiger partial charge on any atom is -0.373 e. The van der Waals surface area contributed by atoms with Gasteiger partial charge in [-0.05, 0) is 6.54 Å². The number of morpholine rings is 1. The van der Waals surface area contributed by atoms with Crippen LogP contribution >= 0.6 is 0 Å². The lowest BCUT2D eigenvalue weighted by Crippen LogP contribution is -2.50. The second-order valence-electron chi connectivity index (χ2n) is 5.88. The first-order chi connectivity index (χ1) is 11.7. The smallest absolute Gasteiger partial charge is 0.226 e. The van der Waals surface area contributed by atoms with Crippen LogP contribution in [0, 0.1) is 0 Å². The van der Waals surface area contributed by atoms with Crippen LogP contribution in [0.4, 0.5) is 0 Å². The van der Waals surface area contributed by atoms with Crippen molar-refractivity contribution in [2.45, 2.75) is 25.5 Å². The first-order valence-corrected chi connectivity index (χ1v) is 8.17. The molecule has 0 aromatic carbocycles. The average molecular weight is 333 g/mol. The number of amides is 1. The summed E-state index contributed by atoms with van der Waals surface area (Å²) in [6, 6.07) is 1.76. The zero-order valence-electron chi connectivity index (χ0n) is 14.0. The first kappa shape index (κ1) is 16.7. The highest BCUT2D eigenvalue weighted by molar-refractivity contribution is 5.78. The monoisotopic (exact) mass is 333 g/mol. The molecule has 3 heterocycles. The Hall–Kier alpha value is -2.19. The van der Waals surface area contributed by atoms with E-state index in [0.29, 0.717) is 18.8 Å². The van der Waals surface area contributed by atoms with Crippen molar-refractivity contribution in [1.29, 1.82) is 0 Å². The number of nitrogens with one attached hydrogen (secondary N) is 1. The number of nitrogens with zero attached hydrogens (tertiary/aromatic N) is 4. The van der Waals surface area contributed by atoms with Crippen molar-refractivity contribution < 1.29 is 14.1 Å². The third-order valence-corrected chi connectivity index (χ3v) is 4.35. The lowest BCUT2D eigenvalue weighted by Gasteiger charge is -2.40. The van der Waals surface area contributed by atoms with Crippen LogP contribution in [0.3, 0.4) is 0 Å². The zero-order valence-corrected chi connectivity index (χ0v) is 14.0. The molecule has 24 heavy (non-hydrogen) atoms. The molecule has 8 nitrogen and oxygen atoms in total. The summed E-state index contributed by atoms with van der Waals surface area (Å²) >= 11 is 0. The first-order valence-electron chi connectivity index (χ1n) is 8.17. The van der Waals surface area contributed by atoms with E-state index in [2.05, 4.69) is 27.3 Å². The SMILES string of the molecule is CCN1CCO[C@@H](CNC(=O)Cc2ccon2)[C@@H]1c1cncn1C. The van der Waals surface area contributed by atoms with Crippen LogP contribution in [-0.2, 0) is 23.0 Å². The molecule has 1 saturated heterocycles. The molecule has 0 bridgehead atoms. The largest absolute Gasteiger partial charge is 0.373 e. The topological polar surface area (TPSA) is 85.4 Å². The van der Waals surface area contributed by atoms with Crippen molar-refractivity contribution in [2.75, 3.05) is 26.2 Å². The fourth-order valence-corrected chi connectivity index (χ4v) is 3.11. The summed E-state index contributed by atoms with van der Waals surface area (Å²) in [5.41, 5.74) is 1.71. The fraction of sp³-hybridized carbons (Fsp3) is 0.562. The van der Waals surface area contributed by atoms with Gasteiger partial charge in [-0.15, -0.1) is 0 Å². The Labute approximate surface area is 140 Å². The predicted octanol–water partition coefficient (Wildman–Crippen LogP) is 0.529. The molecule has 2 atom stereocenters. The number of hydrogen-bond donors (Lipinski definition) is 1. The number of imidazole rings is 1. The summed E-state index contributed by atoms with van der Waals surface area (Å²) in [6.45, 7) is 5.03. The molecule has 2 aromatic rings. The molecule has 8 heteroatoms. The summed E-state index contributed by atoms with van der Waals surface area (Å²) in [6.07, 6.45) is 5.21. The molecule has 2 aromatic heterocycles. The van der Waals surface area contributed by atoms with Crippen LogP contribution in [0.1, 0.15) is 24.4 Å². The van der Waals surface area contributed by atoms with E-state index in [1.807, 2.05) is 17.8 Å². The third-order valence-electron chi connectivity index (χ3n) is 4.35. The molecule has 0 spiro atoms. The van der Waals surface area contributed by atoms with Crippen LogP contribution < -0.4 is 5.32 Å². The molecule has 0 saturated carbocycles. The molecule has 0 radical (unpaired) electrons. The summed E-state index contributed by atoms with van der Waals surface area (Å²) in [7, 11) is 1.98. The highest BCUT2D eigenvalue weighted by Crippen LogP contribution is 2.28. The standard InChI is InChI=1S/C16H23N5O3/c1-3-21-5-7-23-14(16(21)13-9-17-11-20(13)2)10-18-15(22)8-12-4-6-24-19-12/h4,6,9,11,14,16H,3,5,7-8,10H2,1-2H3,(H,18,22)/t14-,16-/m0/s1. The van der Waals surface area contributed by atoms with Crippen molar-refractivity contribution in [3.8, 4) is 0 Å². The fourth-order valence-electron chi connectivity index (χ4n) is 3.11. The van der Waals surface area contributed by atoms with Gasteiger partial charge in [-0.25, -0.2) is 4.98 Å². The molecule has 3 rings (SSSR count). The van der Waals surface area contributed by atoms with E-state index in [-0.39, 0.29) is 24.5 Å². The van der Waals surface area contributed by atoms with E-state index in [4.69, 9.17) is 9.26 Å². The van der Waals surface area contributed by atoms with Crippen LogP contribution in [0.15, 0.2) is 29.4 Å². The van der Waals surface area contributed by atoms with Gasteiger partial charge in [-0.3, -0.25) is 9.69 Å². The Morgan fingerprint density at radius 3 is 3.04 bits per heavy atom. The third kappa shape index (κ3) is 3.65. The summed E-state index contributed by atoms with van der Waals surface area (Å²) < 4.78 is 12.7. The Balaban J connectivity index is 1.65. The lowest BCUT2D eigenvalue weighted by molar-refractivity contribution is -0.122. The molecule has 1 N–H and O–H groups in total. The molecule has 1 fully saturated rings. The van der Waals surface area contributed by atoms with Crippen LogP contribution in [0.25, 0.3) is 0 Å². The molecule has 1 amide bonds. The van der Waals surface area contributed by atoms with Crippen molar-refractivity contribution in [3.05, 3.63) is 36.2 Å². The van der Waals surface area contributed by atoms with E-state index in [0.717, 1.165) is 18.8 Å². The number of rotatable bonds is 6. The number of likely N-dealkylation sites (N-methyl/N-ethyl adjacent to an activating group) is 1. The normalized spacial score (nSPS) is 21.8. The maximum atomic E-state index is 12.1. The minimum atomic E-state index is -0.115. The summed E-state index contributed by atoms with van der Waals surface area (Å²) in [4.78, 5) is 18.7. The van der Waals surface area contributed by atoms with Gasteiger partial charge in [-0.1, -0.05) is 12.1 Å². The van der Waals surface area contributed by atoms with Crippen molar-refractivity contribution in [1.82, 2.24) is 24.9 Å². The van der Waals surface area contributed by atoms with Gasteiger partial charge >= 0.3 is 0 Å². The molecular formula is C16H23N5O3. The second-order valence-corrected chi connectivity index (χ2v) is 5.88. The van der Waals surface area contributed by atoms with E-state index in [9.17, 15) is 4.79 Å². The maximum Gasteiger partial charge on any atom is 0.226 e. The van der Waals surface area contributed by atoms with Crippen molar-refractivity contribution >= 4 is 5.91 Å². The van der Waals surface area contributed by atoms with Gasteiger partial charge in [0.2, 0.25) is 5.91 Å². The number of carbonyl (C=O) groups is 1. The van der Waals surface area contributed by atoms with Gasteiger partial charge in [0.1, 0.15) is 6.26 Å².